The summed E-state index contributed by atoms with van der Waals surface area (Å²) in [6.45, 7) is 2.01. The Morgan fingerprint density at radius 2 is 2.12 bits per heavy atom. The molecular formula is C12H15BrO4. The Morgan fingerprint density at radius 1 is 1.47 bits per heavy atom. The minimum atomic E-state index is -0.862. The average molecular weight is 303 g/mol. The lowest BCUT2D eigenvalue weighted by Crippen LogP contribution is -2.11. The number of carboxylic acid groups (broad SMARTS) is 1. The Balaban J connectivity index is 3.26. The number of ether oxygens (including phenoxy) is 2. The second kappa shape index (κ2) is 6.02. The van der Waals surface area contributed by atoms with Crippen LogP contribution in [0.25, 0.3) is 0 Å². The van der Waals surface area contributed by atoms with E-state index >= 15 is 0 Å². The highest BCUT2D eigenvalue weighted by Crippen LogP contribution is 2.32. The van der Waals surface area contributed by atoms with Gasteiger partial charge in [0.05, 0.1) is 24.1 Å². The van der Waals surface area contributed by atoms with Crippen LogP contribution in [0.3, 0.4) is 0 Å². The highest BCUT2D eigenvalue weighted by atomic mass is 79.9. The zero-order valence-corrected chi connectivity index (χ0v) is 11.6. The number of carboxylic acids is 1. The molecule has 0 amide bonds. The molecule has 1 N–H and O–H groups in total. The van der Waals surface area contributed by atoms with Gasteiger partial charge < -0.3 is 14.6 Å². The number of hydrogen-bond acceptors (Lipinski definition) is 3. The van der Waals surface area contributed by atoms with Crippen LogP contribution in [0.4, 0.5) is 0 Å². The topological polar surface area (TPSA) is 55.8 Å². The number of methoxy groups -OCH3 is 2. The number of hydrogen-bond donors (Lipinski definition) is 1. The van der Waals surface area contributed by atoms with E-state index in [4.69, 9.17) is 14.6 Å². The predicted molar refractivity (Wildman–Crippen MR) is 67.5 cm³/mol. The lowest BCUT2D eigenvalue weighted by atomic mass is 9.96. The third-order valence-corrected chi connectivity index (χ3v) is 3.17. The van der Waals surface area contributed by atoms with Crippen molar-refractivity contribution in [2.45, 2.75) is 19.4 Å². The largest absolute Gasteiger partial charge is 0.496 e. The summed E-state index contributed by atoms with van der Waals surface area (Å²) in [5, 5.41) is 9.06. The second-order valence-corrected chi connectivity index (χ2v) is 4.53. The van der Waals surface area contributed by atoms with Crippen molar-refractivity contribution >= 4 is 21.9 Å². The maximum absolute atomic E-state index is 11.0. The summed E-state index contributed by atoms with van der Waals surface area (Å²) in [7, 11) is 3.14. The van der Waals surface area contributed by atoms with Gasteiger partial charge in [-0.15, -0.1) is 0 Å². The minimum Gasteiger partial charge on any atom is -0.496 e. The molecule has 5 heteroatoms. The quantitative estimate of drug-likeness (QED) is 0.909. The van der Waals surface area contributed by atoms with Crippen LogP contribution in [0, 0.1) is 0 Å². The fraction of sp³-hybridized carbons (Fsp3) is 0.417. The Bertz CT molecular complexity index is 417. The van der Waals surface area contributed by atoms with Gasteiger partial charge in [-0.2, -0.15) is 0 Å². The van der Waals surface area contributed by atoms with Crippen molar-refractivity contribution in [1.29, 1.82) is 0 Å². The van der Waals surface area contributed by atoms with Crippen molar-refractivity contribution in [3.63, 3.8) is 0 Å². The van der Waals surface area contributed by atoms with Gasteiger partial charge >= 0.3 is 5.97 Å². The summed E-state index contributed by atoms with van der Waals surface area (Å²) in [5.41, 5.74) is 1.55. The molecule has 4 nitrogen and oxygen atoms in total. The zero-order chi connectivity index (χ0) is 13.0. The number of aliphatic carboxylic acids is 1. The molecule has 1 aromatic carbocycles. The van der Waals surface area contributed by atoms with E-state index in [1.807, 2.05) is 0 Å². The van der Waals surface area contributed by atoms with Crippen molar-refractivity contribution in [1.82, 2.24) is 0 Å². The van der Waals surface area contributed by atoms with Crippen LogP contribution in [0.5, 0.6) is 5.75 Å². The van der Waals surface area contributed by atoms with Gasteiger partial charge in [-0.3, -0.25) is 4.79 Å². The van der Waals surface area contributed by atoms with Gasteiger partial charge in [0.2, 0.25) is 0 Å². The first-order chi connectivity index (χ1) is 8.01. The summed E-state index contributed by atoms with van der Waals surface area (Å²) in [5.74, 6) is -0.778. The zero-order valence-electron chi connectivity index (χ0n) is 9.99. The van der Waals surface area contributed by atoms with E-state index < -0.39 is 11.9 Å². The molecule has 0 bridgehead atoms. The molecule has 0 saturated carbocycles. The third-order valence-electron chi connectivity index (χ3n) is 2.55. The van der Waals surface area contributed by atoms with Crippen molar-refractivity contribution in [2.75, 3.05) is 14.2 Å². The van der Waals surface area contributed by atoms with Crippen LogP contribution in [0.2, 0.25) is 0 Å². The van der Waals surface area contributed by atoms with Crippen LogP contribution in [-0.2, 0) is 16.1 Å². The molecule has 0 aliphatic rings. The molecule has 0 heterocycles. The summed E-state index contributed by atoms with van der Waals surface area (Å²) in [4.78, 5) is 11.0. The van der Waals surface area contributed by atoms with Crippen LogP contribution in [0.15, 0.2) is 16.6 Å². The smallest absolute Gasteiger partial charge is 0.310 e. The maximum atomic E-state index is 11.0. The monoisotopic (exact) mass is 302 g/mol. The normalized spacial score (nSPS) is 12.2. The number of carbonyl (C=O) groups is 1. The lowest BCUT2D eigenvalue weighted by molar-refractivity contribution is -0.138. The molecule has 0 aliphatic carbocycles. The Hall–Kier alpha value is -1.07. The molecule has 0 fully saturated rings. The van der Waals surface area contributed by atoms with E-state index in [-0.39, 0.29) is 0 Å². The number of benzene rings is 1. The predicted octanol–water partition coefficient (Wildman–Crippen LogP) is 2.79. The molecule has 1 unspecified atom stereocenters. The number of rotatable bonds is 5. The molecule has 0 spiro atoms. The van der Waals surface area contributed by atoms with Crippen molar-refractivity contribution in [3.05, 3.63) is 27.7 Å². The summed E-state index contributed by atoms with van der Waals surface area (Å²) < 4.78 is 11.0. The molecule has 94 valence electrons. The van der Waals surface area contributed by atoms with Gasteiger partial charge in [0, 0.05) is 7.11 Å². The van der Waals surface area contributed by atoms with E-state index in [1.165, 1.54) is 0 Å². The van der Waals surface area contributed by atoms with Crippen molar-refractivity contribution < 1.29 is 19.4 Å². The van der Waals surface area contributed by atoms with Gasteiger partial charge in [-0.1, -0.05) is 0 Å². The molecule has 0 saturated heterocycles. The van der Waals surface area contributed by atoms with Gasteiger partial charge in [0.1, 0.15) is 5.75 Å². The SMILES string of the molecule is COCc1cc(OC)c(Br)cc1C(C)C(=O)O. The fourth-order valence-corrected chi connectivity index (χ4v) is 2.11. The average Bonchev–Trinajstić information content (AvgIpc) is 2.30. The molecule has 0 radical (unpaired) electrons. The van der Waals surface area contributed by atoms with E-state index in [1.54, 1.807) is 33.3 Å². The van der Waals surface area contributed by atoms with Crippen LogP contribution >= 0.6 is 15.9 Å². The first-order valence-electron chi connectivity index (χ1n) is 5.09. The van der Waals surface area contributed by atoms with Crippen molar-refractivity contribution in [3.8, 4) is 5.75 Å². The molecule has 0 aliphatic heterocycles. The molecule has 1 rings (SSSR count). The Morgan fingerprint density at radius 3 is 2.59 bits per heavy atom. The molecule has 17 heavy (non-hydrogen) atoms. The Kier molecular flexibility index (Phi) is 4.96. The van der Waals surface area contributed by atoms with Crippen LogP contribution in [-0.4, -0.2) is 25.3 Å². The van der Waals surface area contributed by atoms with E-state index in [0.29, 0.717) is 12.4 Å². The summed E-state index contributed by atoms with van der Waals surface area (Å²) in [6.07, 6.45) is 0. The summed E-state index contributed by atoms with van der Waals surface area (Å²) in [6, 6.07) is 3.56. The third kappa shape index (κ3) is 3.20. The highest BCUT2D eigenvalue weighted by Gasteiger charge is 2.19. The molecule has 1 aromatic rings. The van der Waals surface area contributed by atoms with Gasteiger partial charge in [0.15, 0.2) is 0 Å². The number of halogens is 1. The van der Waals surface area contributed by atoms with Crippen LogP contribution in [0.1, 0.15) is 24.0 Å². The van der Waals surface area contributed by atoms with Crippen LogP contribution < -0.4 is 4.74 Å². The molecular weight excluding hydrogens is 288 g/mol. The van der Waals surface area contributed by atoms with E-state index in [9.17, 15) is 4.79 Å². The second-order valence-electron chi connectivity index (χ2n) is 3.68. The van der Waals surface area contributed by atoms with E-state index in [2.05, 4.69) is 15.9 Å². The lowest BCUT2D eigenvalue weighted by Gasteiger charge is -2.15. The molecule has 1 atom stereocenters. The van der Waals surface area contributed by atoms with Crippen molar-refractivity contribution in [2.24, 2.45) is 0 Å². The highest BCUT2D eigenvalue weighted by molar-refractivity contribution is 9.10. The fourth-order valence-electron chi connectivity index (χ4n) is 1.58. The first-order valence-corrected chi connectivity index (χ1v) is 5.88. The van der Waals surface area contributed by atoms with E-state index in [0.717, 1.165) is 15.6 Å². The van der Waals surface area contributed by atoms with Gasteiger partial charge in [0.25, 0.3) is 0 Å². The van der Waals surface area contributed by atoms with Gasteiger partial charge in [-0.05, 0) is 46.1 Å². The standard InChI is InChI=1S/C12H15BrO4/c1-7(12(14)15)9-5-10(13)11(17-3)4-8(9)6-16-2/h4-5,7H,6H2,1-3H3,(H,14,15). The maximum Gasteiger partial charge on any atom is 0.310 e. The minimum absolute atomic E-state index is 0.358. The van der Waals surface area contributed by atoms with Gasteiger partial charge in [-0.25, -0.2) is 0 Å². The Labute approximate surface area is 109 Å². The first kappa shape index (κ1) is 14.0. The molecule has 0 aromatic heterocycles. The summed E-state index contributed by atoms with van der Waals surface area (Å²) >= 11 is 3.35.